The van der Waals surface area contributed by atoms with E-state index in [2.05, 4.69) is 90.9 Å². The number of imidazole rings is 2. The number of hydrogen-bond donors (Lipinski definition) is 4. The van der Waals surface area contributed by atoms with Crippen molar-refractivity contribution in [3.63, 3.8) is 0 Å². The SMILES string of the molecule is C(#Cc1cccc(-c2cnc([C@@H]3C[C@H]4C[C@H]4N3)[nH]2)c1)c1cccc(-c2cnc([C@@H]3C[C@H]4C[C@H]4N3)[nH]2)c1. The fourth-order valence-corrected chi connectivity index (χ4v) is 6.06. The molecular formula is C30H28N6. The van der Waals surface area contributed by atoms with Gasteiger partial charge in [-0.3, -0.25) is 0 Å². The first-order valence-corrected chi connectivity index (χ1v) is 13.1. The fraction of sp³-hybridized carbons (Fsp3) is 0.333. The van der Waals surface area contributed by atoms with E-state index in [0.29, 0.717) is 24.2 Å². The van der Waals surface area contributed by atoms with Gasteiger partial charge in [0.25, 0.3) is 0 Å². The number of rotatable bonds is 4. The topological polar surface area (TPSA) is 81.4 Å². The van der Waals surface area contributed by atoms with E-state index < -0.39 is 0 Å². The number of hydrogen-bond acceptors (Lipinski definition) is 4. The third-order valence-electron chi connectivity index (χ3n) is 8.30. The summed E-state index contributed by atoms with van der Waals surface area (Å²) in [5.74, 6) is 10.5. The van der Waals surface area contributed by atoms with Gasteiger partial charge in [-0.2, -0.15) is 0 Å². The van der Waals surface area contributed by atoms with Gasteiger partial charge in [0, 0.05) is 34.3 Å². The van der Waals surface area contributed by atoms with E-state index in [0.717, 1.165) is 57.1 Å². The van der Waals surface area contributed by atoms with Gasteiger partial charge in [-0.1, -0.05) is 36.1 Å². The first-order chi connectivity index (χ1) is 17.7. The minimum atomic E-state index is 0.365. The van der Waals surface area contributed by atoms with E-state index in [1.807, 2.05) is 12.4 Å². The van der Waals surface area contributed by atoms with Crippen molar-refractivity contribution in [3.05, 3.63) is 83.7 Å². The summed E-state index contributed by atoms with van der Waals surface area (Å²) in [5.41, 5.74) is 6.29. The number of aromatic amines is 2. The number of piperidine rings is 2. The van der Waals surface area contributed by atoms with Crippen molar-refractivity contribution in [3.8, 4) is 34.4 Å². The Morgan fingerprint density at radius 1 is 0.639 bits per heavy atom. The first kappa shape index (κ1) is 20.5. The van der Waals surface area contributed by atoms with E-state index in [9.17, 15) is 0 Å². The molecule has 2 saturated heterocycles. The molecule has 2 aliphatic heterocycles. The maximum atomic E-state index is 4.66. The van der Waals surface area contributed by atoms with E-state index in [1.54, 1.807) is 0 Å². The molecule has 2 aromatic heterocycles. The summed E-state index contributed by atoms with van der Waals surface area (Å²) in [7, 11) is 0. The summed E-state index contributed by atoms with van der Waals surface area (Å²) in [6, 6.07) is 18.9. The third-order valence-corrected chi connectivity index (χ3v) is 8.30. The number of nitrogens with one attached hydrogen (secondary N) is 4. The van der Waals surface area contributed by atoms with E-state index in [1.165, 1.54) is 25.7 Å². The average molecular weight is 473 g/mol. The van der Waals surface area contributed by atoms with Gasteiger partial charge in [0.2, 0.25) is 0 Å². The van der Waals surface area contributed by atoms with E-state index in [-0.39, 0.29) is 0 Å². The van der Waals surface area contributed by atoms with Gasteiger partial charge >= 0.3 is 0 Å². The second-order valence-electron chi connectivity index (χ2n) is 10.9. The lowest BCUT2D eigenvalue weighted by Gasteiger charge is -2.09. The maximum Gasteiger partial charge on any atom is 0.123 e. The van der Waals surface area contributed by atoms with Gasteiger partial charge in [0.05, 0.1) is 35.9 Å². The van der Waals surface area contributed by atoms with Crippen LogP contribution in [0.3, 0.4) is 0 Å². The summed E-state index contributed by atoms with van der Waals surface area (Å²) in [5, 5.41) is 7.34. The standard InChI is InChI=1S/C30H28N6/c1-3-17(9-19(5-1)27-15-31-29(35-27)25-13-21-11-23(21)33-25)7-8-18-4-2-6-20(10-18)28-16-32-30(36-28)26-14-22-12-24(22)34-26/h1-6,9-10,15-16,21-26,33-34H,11-14H2,(H,31,35)(H,32,36)/t21-,22-,23-,24-,25+,26+/m1/s1. The number of aromatic nitrogens is 4. The highest BCUT2D eigenvalue weighted by atomic mass is 15.1. The zero-order valence-corrected chi connectivity index (χ0v) is 20.0. The quantitative estimate of drug-likeness (QED) is 0.324. The van der Waals surface area contributed by atoms with Crippen LogP contribution in [0.15, 0.2) is 60.9 Å². The van der Waals surface area contributed by atoms with Crippen molar-refractivity contribution in [2.45, 2.75) is 49.9 Å². The second-order valence-corrected chi connectivity index (χ2v) is 10.9. The minimum absolute atomic E-state index is 0.365. The van der Waals surface area contributed by atoms with Crippen molar-refractivity contribution in [2.75, 3.05) is 0 Å². The molecule has 4 aliphatic rings. The molecule has 2 aliphatic carbocycles. The highest BCUT2D eigenvalue weighted by Gasteiger charge is 2.47. The van der Waals surface area contributed by atoms with Gasteiger partial charge in [0.15, 0.2) is 0 Å². The number of benzene rings is 2. The molecule has 4 fully saturated rings. The van der Waals surface area contributed by atoms with Gasteiger partial charge in [-0.05, 0) is 61.8 Å². The van der Waals surface area contributed by atoms with Crippen LogP contribution >= 0.6 is 0 Å². The zero-order valence-electron chi connectivity index (χ0n) is 20.0. The Morgan fingerprint density at radius 2 is 1.14 bits per heavy atom. The van der Waals surface area contributed by atoms with Crippen LogP contribution in [0.5, 0.6) is 0 Å². The van der Waals surface area contributed by atoms with Crippen LogP contribution in [0.4, 0.5) is 0 Å². The van der Waals surface area contributed by atoms with Gasteiger partial charge < -0.3 is 20.6 Å². The van der Waals surface area contributed by atoms with Crippen molar-refractivity contribution < 1.29 is 0 Å². The summed E-state index contributed by atoms with van der Waals surface area (Å²) >= 11 is 0. The molecule has 0 bridgehead atoms. The van der Waals surface area contributed by atoms with Crippen LogP contribution in [0, 0.1) is 23.7 Å². The molecular weight excluding hydrogens is 444 g/mol. The Kier molecular flexibility index (Phi) is 4.52. The first-order valence-electron chi connectivity index (χ1n) is 13.1. The van der Waals surface area contributed by atoms with Crippen LogP contribution in [0.25, 0.3) is 22.5 Å². The molecule has 0 radical (unpaired) electrons. The van der Waals surface area contributed by atoms with Gasteiger partial charge in [-0.15, -0.1) is 0 Å². The lowest BCUT2D eigenvalue weighted by molar-refractivity contribution is 0.543. The maximum absolute atomic E-state index is 4.66. The van der Waals surface area contributed by atoms with E-state index in [4.69, 9.17) is 0 Å². The summed E-state index contributed by atoms with van der Waals surface area (Å²) in [6.07, 6.45) is 8.94. The van der Waals surface area contributed by atoms with Crippen LogP contribution < -0.4 is 10.6 Å². The number of nitrogens with zero attached hydrogens (tertiary/aromatic N) is 2. The van der Waals surface area contributed by atoms with Crippen molar-refractivity contribution >= 4 is 0 Å². The van der Waals surface area contributed by atoms with Crippen LogP contribution in [-0.4, -0.2) is 32.0 Å². The molecule has 0 amide bonds. The molecule has 6 nitrogen and oxygen atoms in total. The predicted octanol–water partition coefficient (Wildman–Crippen LogP) is 4.71. The molecule has 2 saturated carbocycles. The Hall–Kier alpha value is -3.66. The smallest absolute Gasteiger partial charge is 0.123 e. The van der Waals surface area contributed by atoms with Gasteiger partial charge in [-0.25, -0.2) is 9.97 Å². The van der Waals surface area contributed by atoms with Crippen LogP contribution in [0.1, 0.15) is 60.5 Å². The molecule has 4 heterocycles. The second kappa shape index (κ2) is 7.92. The largest absolute Gasteiger partial charge is 0.341 e. The molecule has 8 rings (SSSR count). The van der Waals surface area contributed by atoms with Crippen molar-refractivity contribution in [1.29, 1.82) is 0 Å². The van der Waals surface area contributed by atoms with E-state index >= 15 is 0 Å². The Labute approximate surface area is 210 Å². The molecule has 4 aromatic rings. The molecule has 4 N–H and O–H groups in total. The van der Waals surface area contributed by atoms with Crippen LogP contribution in [0.2, 0.25) is 0 Å². The molecule has 178 valence electrons. The van der Waals surface area contributed by atoms with Gasteiger partial charge in [0.1, 0.15) is 11.6 Å². The molecule has 6 atom stereocenters. The number of fused-ring (bicyclic) bond motifs is 2. The summed E-state index contributed by atoms with van der Waals surface area (Å²) in [4.78, 5) is 16.4. The number of H-pyrrole nitrogens is 2. The highest BCUT2D eigenvalue weighted by Crippen LogP contribution is 2.46. The Bertz CT molecular complexity index is 1390. The zero-order chi connectivity index (χ0) is 23.6. The fourth-order valence-electron chi connectivity index (χ4n) is 6.06. The molecule has 36 heavy (non-hydrogen) atoms. The summed E-state index contributed by atoms with van der Waals surface area (Å²) < 4.78 is 0. The normalized spacial score (nSPS) is 29.3. The highest BCUT2D eigenvalue weighted by molar-refractivity contribution is 5.64. The monoisotopic (exact) mass is 472 g/mol. The summed E-state index contributed by atoms with van der Waals surface area (Å²) in [6.45, 7) is 0. The van der Waals surface area contributed by atoms with Crippen molar-refractivity contribution in [2.24, 2.45) is 11.8 Å². The molecule has 2 aromatic carbocycles. The lowest BCUT2D eigenvalue weighted by Crippen LogP contribution is -2.18. The minimum Gasteiger partial charge on any atom is -0.341 e. The van der Waals surface area contributed by atoms with Crippen molar-refractivity contribution in [1.82, 2.24) is 30.6 Å². The average Bonchev–Trinajstić information content (AvgIpc) is 3.48. The Morgan fingerprint density at radius 3 is 1.58 bits per heavy atom. The molecule has 0 unspecified atom stereocenters. The Balaban J connectivity index is 0.997. The van der Waals surface area contributed by atoms with Crippen LogP contribution in [-0.2, 0) is 0 Å². The predicted molar refractivity (Wildman–Crippen MR) is 139 cm³/mol. The molecule has 0 spiro atoms. The third kappa shape index (κ3) is 3.76. The molecule has 6 heteroatoms. The lowest BCUT2D eigenvalue weighted by atomic mass is 10.1.